The monoisotopic (exact) mass is 367 g/mol. The number of nitrogens with zero attached hydrogens (tertiary/aromatic N) is 3. The molecule has 2 N–H and O–H groups in total. The van der Waals surface area contributed by atoms with Gasteiger partial charge in [-0.25, -0.2) is 13.8 Å². The normalized spacial score (nSPS) is 22.3. The van der Waals surface area contributed by atoms with E-state index in [0.29, 0.717) is 26.2 Å². The fraction of sp³-hybridized carbons (Fsp3) is 0.588. The van der Waals surface area contributed by atoms with Crippen molar-refractivity contribution in [2.45, 2.75) is 24.8 Å². The number of anilines is 1. The summed E-state index contributed by atoms with van der Waals surface area (Å²) in [6.07, 6.45) is 1.41. The molecule has 7 nitrogen and oxygen atoms in total. The number of hydrogen-bond donors (Lipinski definition) is 2. The van der Waals surface area contributed by atoms with E-state index in [-0.39, 0.29) is 18.9 Å². The van der Waals surface area contributed by atoms with Crippen LogP contribution in [-0.2, 0) is 9.59 Å². The smallest absolute Gasteiger partial charge is 0.262 e. The molecule has 142 valence electrons. The number of carbonyl (C=O) groups is 2. The van der Waals surface area contributed by atoms with Crippen molar-refractivity contribution in [3.05, 3.63) is 24.4 Å². The van der Waals surface area contributed by atoms with Crippen LogP contribution in [0.4, 0.5) is 14.6 Å². The third-order valence-electron chi connectivity index (χ3n) is 4.67. The molecule has 9 heteroatoms. The number of carbonyl (C=O) groups excluding carboxylic acids is 2. The third kappa shape index (κ3) is 4.66. The van der Waals surface area contributed by atoms with Gasteiger partial charge in [0.05, 0.1) is 12.6 Å². The molecule has 0 aromatic carbocycles. The molecule has 0 saturated carbocycles. The van der Waals surface area contributed by atoms with E-state index in [1.807, 2.05) is 18.2 Å². The lowest BCUT2D eigenvalue weighted by molar-refractivity contribution is -0.131. The summed E-state index contributed by atoms with van der Waals surface area (Å²) in [4.78, 5) is 32.3. The number of piperazine rings is 1. The van der Waals surface area contributed by atoms with Gasteiger partial charge in [-0.05, 0) is 12.1 Å². The zero-order valence-electron chi connectivity index (χ0n) is 14.5. The highest BCUT2D eigenvalue weighted by atomic mass is 19.3. The maximum atomic E-state index is 13.1. The number of nitrogens with one attached hydrogen (secondary N) is 2. The number of halogens is 2. The Labute approximate surface area is 150 Å². The van der Waals surface area contributed by atoms with Crippen LogP contribution < -0.4 is 15.5 Å². The van der Waals surface area contributed by atoms with Crippen LogP contribution >= 0.6 is 0 Å². The first-order chi connectivity index (χ1) is 12.4. The van der Waals surface area contributed by atoms with Crippen LogP contribution in [-0.4, -0.2) is 72.9 Å². The summed E-state index contributed by atoms with van der Waals surface area (Å²) in [5.74, 6) is -2.47. The van der Waals surface area contributed by atoms with Gasteiger partial charge in [0.15, 0.2) is 0 Å². The summed E-state index contributed by atoms with van der Waals surface area (Å²) in [6.45, 7) is 2.28. The van der Waals surface area contributed by atoms with E-state index in [0.717, 1.165) is 5.82 Å². The Morgan fingerprint density at radius 2 is 2.04 bits per heavy atom. The Balaban J connectivity index is 1.36. The Morgan fingerprint density at radius 1 is 1.27 bits per heavy atom. The molecule has 0 aliphatic carbocycles. The maximum Gasteiger partial charge on any atom is 0.262 e. The van der Waals surface area contributed by atoms with Crippen LogP contribution in [0.25, 0.3) is 0 Å². The van der Waals surface area contributed by atoms with Crippen molar-refractivity contribution in [3.63, 3.8) is 0 Å². The van der Waals surface area contributed by atoms with Crippen LogP contribution in [0.5, 0.6) is 0 Å². The van der Waals surface area contributed by atoms with Gasteiger partial charge in [0.25, 0.3) is 5.92 Å². The second-order valence-electron chi connectivity index (χ2n) is 6.59. The molecule has 1 aromatic heterocycles. The molecule has 3 rings (SSSR count). The molecule has 2 amide bonds. The predicted molar refractivity (Wildman–Crippen MR) is 92.0 cm³/mol. The summed E-state index contributed by atoms with van der Waals surface area (Å²) in [5, 5.41) is 5.06. The molecule has 1 atom stereocenters. The van der Waals surface area contributed by atoms with Gasteiger partial charge >= 0.3 is 0 Å². The summed E-state index contributed by atoms with van der Waals surface area (Å²) in [6, 6.07) is 4.84. The van der Waals surface area contributed by atoms with E-state index >= 15 is 0 Å². The molecular weight excluding hydrogens is 344 g/mol. The lowest BCUT2D eigenvalue weighted by atomic mass is 10.2. The summed E-state index contributed by atoms with van der Waals surface area (Å²) in [7, 11) is 0. The van der Waals surface area contributed by atoms with Crippen LogP contribution in [0.3, 0.4) is 0 Å². The second-order valence-corrected chi connectivity index (χ2v) is 6.59. The fourth-order valence-electron chi connectivity index (χ4n) is 3.20. The van der Waals surface area contributed by atoms with E-state index in [9.17, 15) is 18.4 Å². The number of pyridine rings is 1. The highest BCUT2D eigenvalue weighted by molar-refractivity contribution is 5.83. The molecule has 0 bridgehead atoms. The highest BCUT2D eigenvalue weighted by Gasteiger charge is 2.42. The highest BCUT2D eigenvalue weighted by Crippen LogP contribution is 2.25. The summed E-state index contributed by atoms with van der Waals surface area (Å²) >= 11 is 0. The first kappa shape index (κ1) is 18.5. The van der Waals surface area contributed by atoms with Crippen LogP contribution in [0, 0.1) is 0 Å². The molecule has 2 fully saturated rings. The van der Waals surface area contributed by atoms with Crippen LogP contribution in [0.15, 0.2) is 24.4 Å². The van der Waals surface area contributed by atoms with E-state index < -0.39 is 30.8 Å². The lowest BCUT2D eigenvalue weighted by Gasteiger charge is -2.35. The van der Waals surface area contributed by atoms with E-state index in [4.69, 9.17) is 0 Å². The Morgan fingerprint density at radius 3 is 2.65 bits per heavy atom. The van der Waals surface area contributed by atoms with Crippen molar-refractivity contribution >= 4 is 17.6 Å². The molecule has 2 saturated heterocycles. The maximum absolute atomic E-state index is 13.1. The van der Waals surface area contributed by atoms with Gasteiger partial charge in [-0.15, -0.1) is 0 Å². The minimum Gasteiger partial charge on any atom is -0.354 e. The van der Waals surface area contributed by atoms with Gasteiger partial charge in [0.2, 0.25) is 11.8 Å². The first-order valence-corrected chi connectivity index (χ1v) is 8.77. The van der Waals surface area contributed by atoms with E-state index in [1.165, 1.54) is 0 Å². The number of alkyl halides is 2. The molecular formula is C17H23F2N5O2. The van der Waals surface area contributed by atoms with Crippen molar-refractivity contribution in [2.24, 2.45) is 0 Å². The van der Waals surface area contributed by atoms with Crippen molar-refractivity contribution in [3.8, 4) is 0 Å². The summed E-state index contributed by atoms with van der Waals surface area (Å²) in [5.41, 5.74) is 0. The second kappa shape index (κ2) is 7.94. The lowest BCUT2D eigenvalue weighted by Crippen LogP contribution is -2.49. The fourth-order valence-corrected chi connectivity index (χ4v) is 3.20. The SMILES string of the molecule is O=C(NCCC(=O)N1CCN(c2ccccn2)CC1)C1CC(F)(F)CN1. The number of amides is 2. The standard InChI is InChI=1S/C17H23F2N5O2/c18-17(19)11-13(22-12-17)16(26)21-6-4-15(25)24-9-7-23(8-10-24)14-3-1-2-5-20-14/h1-3,5,13,22H,4,6-12H2,(H,21,26). The minimum atomic E-state index is -2.84. The number of aromatic nitrogens is 1. The van der Waals surface area contributed by atoms with E-state index in [1.54, 1.807) is 11.1 Å². The summed E-state index contributed by atoms with van der Waals surface area (Å²) < 4.78 is 26.2. The van der Waals surface area contributed by atoms with Crippen LogP contribution in [0.1, 0.15) is 12.8 Å². The minimum absolute atomic E-state index is 0.0457. The van der Waals surface area contributed by atoms with Gasteiger partial charge in [0.1, 0.15) is 5.82 Å². The molecule has 0 spiro atoms. The van der Waals surface area contributed by atoms with Gasteiger partial charge in [-0.1, -0.05) is 6.07 Å². The average molecular weight is 367 g/mol. The van der Waals surface area contributed by atoms with Gasteiger partial charge in [-0.3, -0.25) is 14.9 Å². The molecule has 2 aliphatic rings. The van der Waals surface area contributed by atoms with Gasteiger partial charge < -0.3 is 15.1 Å². The van der Waals surface area contributed by atoms with Gasteiger partial charge in [0, 0.05) is 51.8 Å². The Hall–Kier alpha value is -2.29. The van der Waals surface area contributed by atoms with Crippen molar-refractivity contribution in [1.29, 1.82) is 0 Å². The van der Waals surface area contributed by atoms with Crippen molar-refractivity contribution < 1.29 is 18.4 Å². The zero-order valence-corrected chi connectivity index (χ0v) is 14.5. The third-order valence-corrected chi connectivity index (χ3v) is 4.67. The van der Waals surface area contributed by atoms with Gasteiger partial charge in [-0.2, -0.15) is 0 Å². The quantitative estimate of drug-likeness (QED) is 0.779. The Kier molecular flexibility index (Phi) is 5.65. The molecule has 1 aromatic rings. The molecule has 26 heavy (non-hydrogen) atoms. The van der Waals surface area contributed by atoms with Crippen molar-refractivity contribution in [1.82, 2.24) is 20.5 Å². The Bertz CT molecular complexity index is 635. The zero-order chi connectivity index (χ0) is 18.6. The first-order valence-electron chi connectivity index (χ1n) is 8.77. The topological polar surface area (TPSA) is 77.6 Å². The number of rotatable bonds is 5. The number of hydrogen-bond acceptors (Lipinski definition) is 5. The van der Waals surface area contributed by atoms with Crippen LogP contribution in [0.2, 0.25) is 0 Å². The average Bonchev–Trinajstić information content (AvgIpc) is 3.02. The van der Waals surface area contributed by atoms with E-state index in [2.05, 4.69) is 20.5 Å². The molecule has 0 radical (unpaired) electrons. The van der Waals surface area contributed by atoms with Crippen molar-refractivity contribution in [2.75, 3.05) is 44.2 Å². The largest absolute Gasteiger partial charge is 0.354 e. The molecule has 2 aliphatic heterocycles. The molecule has 1 unspecified atom stereocenters. The predicted octanol–water partition coefficient (Wildman–Crippen LogP) is 0.234. The molecule has 3 heterocycles.